The van der Waals surface area contributed by atoms with Crippen LogP contribution in [-0.2, 0) is 13.5 Å². The van der Waals surface area contributed by atoms with Gasteiger partial charge in [-0.15, -0.1) is 4.57 Å². The Morgan fingerprint density at radius 2 is 1.96 bits per heavy atom. The number of nitrogen functional groups attached to an aromatic ring is 1. The Morgan fingerprint density at radius 3 is 2.61 bits per heavy atom. The summed E-state index contributed by atoms with van der Waals surface area (Å²) in [7, 11) is 1.77. The van der Waals surface area contributed by atoms with E-state index < -0.39 is 0 Å². The maximum atomic E-state index is 12.4. The summed E-state index contributed by atoms with van der Waals surface area (Å²) in [5.41, 5.74) is 7.59. The number of hydrogen-bond acceptors (Lipinski definition) is 6. The largest absolute Gasteiger partial charge is 0.389 e. The minimum Gasteiger partial charge on any atom is -0.382 e. The molecule has 0 unspecified atom stereocenters. The highest BCUT2D eigenvalue weighted by molar-refractivity contribution is 5.96. The average molecular weight is 311 g/mol. The van der Waals surface area contributed by atoms with Crippen LogP contribution >= 0.6 is 0 Å². The molecule has 23 heavy (non-hydrogen) atoms. The Balaban J connectivity index is 1.88. The Kier molecular flexibility index (Phi) is 3.57. The first kappa shape index (κ1) is 14.8. The Morgan fingerprint density at radius 1 is 1.26 bits per heavy atom. The monoisotopic (exact) mass is 311 g/mol. The molecule has 0 saturated carbocycles. The summed E-state index contributed by atoms with van der Waals surface area (Å²) >= 11 is 0. The van der Waals surface area contributed by atoms with Gasteiger partial charge in [0, 0.05) is 25.6 Å². The number of carbonyl (C=O) groups is 2. The molecule has 0 amide bonds. The van der Waals surface area contributed by atoms with Crippen molar-refractivity contribution in [2.75, 3.05) is 5.73 Å². The van der Waals surface area contributed by atoms with E-state index in [0.29, 0.717) is 11.2 Å². The van der Waals surface area contributed by atoms with Gasteiger partial charge in [-0.05, 0) is 5.56 Å². The molecule has 0 aliphatic carbocycles. The lowest BCUT2D eigenvalue weighted by Crippen LogP contribution is -2.39. The maximum Gasteiger partial charge on any atom is 0.389 e. The van der Waals surface area contributed by atoms with E-state index in [-0.39, 0.29) is 29.8 Å². The number of aryl methyl sites for hydroxylation is 1. The van der Waals surface area contributed by atoms with Crippen LogP contribution in [0.3, 0.4) is 0 Å². The minimum absolute atomic E-state index is 0.0573. The SMILES string of the molecule is CC(=O)[n+]1ccc(CC(=O)c2nc(N)c3ncn(C)c3n2)cc1. The highest BCUT2D eigenvalue weighted by atomic mass is 16.1. The van der Waals surface area contributed by atoms with Crippen molar-refractivity contribution in [3.63, 3.8) is 0 Å². The number of nitrogens with two attached hydrogens (primary N) is 1. The van der Waals surface area contributed by atoms with Gasteiger partial charge >= 0.3 is 5.91 Å². The minimum atomic E-state index is -0.250. The fraction of sp³-hybridized carbons (Fsp3) is 0.200. The Labute approximate surface area is 131 Å². The standard InChI is InChI=1S/C15H15N6O2/c1-9(22)21-5-3-10(4-6-21)7-11(23)14-18-13(16)12-15(19-14)20(2)8-17-12/h3-6,8H,7H2,1-2H3,(H2,16,18,19)/q+1. The quantitative estimate of drug-likeness (QED) is 0.551. The van der Waals surface area contributed by atoms with E-state index >= 15 is 0 Å². The van der Waals surface area contributed by atoms with Gasteiger partial charge in [0.25, 0.3) is 0 Å². The third kappa shape index (κ3) is 2.78. The first-order valence-corrected chi connectivity index (χ1v) is 6.94. The molecule has 2 N–H and O–H groups in total. The van der Waals surface area contributed by atoms with Gasteiger partial charge < -0.3 is 10.3 Å². The molecular weight excluding hydrogens is 296 g/mol. The number of rotatable bonds is 3. The van der Waals surface area contributed by atoms with Gasteiger partial charge in [-0.1, -0.05) is 0 Å². The molecule has 0 spiro atoms. The van der Waals surface area contributed by atoms with Crippen molar-refractivity contribution >= 4 is 28.7 Å². The van der Waals surface area contributed by atoms with Gasteiger partial charge in [0.15, 0.2) is 29.7 Å². The van der Waals surface area contributed by atoms with Crippen LogP contribution in [0, 0.1) is 0 Å². The third-order valence-electron chi connectivity index (χ3n) is 3.46. The molecule has 116 valence electrons. The van der Waals surface area contributed by atoms with E-state index in [1.165, 1.54) is 11.5 Å². The molecule has 0 aliphatic rings. The van der Waals surface area contributed by atoms with Crippen molar-refractivity contribution in [2.24, 2.45) is 7.05 Å². The maximum absolute atomic E-state index is 12.4. The van der Waals surface area contributed by atoms with Gasteiger partial charge in [-0.2, -0.15) is 0 Å². The molecule has 0 radical (unpaired) electrons. The lowest BCUT2D eigenvalue weighted by atomic mass is 10.1. The second-order valence-electron chi connectivity index (χ2n) is 5.19. The van der Waals surface area contributed by atoms with Gasteiger partial charge in [0.05, 0.1) is 13.3 Å². The molecule has 3 aromatic heterocycles. The van der Waals surface area contributed by atoms with E-state index in [4.69, 9.17) is 5.73 Å². The number of anilines is 1. The molecule has 0 fully saturated rings. The normalized spacial score (nSPS) is 10.9. The van der Waals surface area contributed by atoms with Crippen LogP contribution in [0.4, 0.5) is 5.82 Å². The summed E-state index contributed by atoms with van der Waals surface area (Å²) in [6.45, 7) is 1.46. The second kappa shape index (κ2) is 5.56. The zero-order chi connectivity index (χ0) is 16.6. The van der Waals surface area contributed by atoms with Crippen LogP contribution in [0.5, 0.6) is 0 Å². The molecule has 8 heteroatoms. The average Bonchev–Trinajstić information content (AvgIpc) is 2.90. The number of aromatic nitrogens is 5. The molecular formula is C15H15N6O2+. The number of ketones is 1. The number of hydrogen-bond donors (Lipinski definition) is 1. The fourth-order valence-electron chi connectivity index (χ4n) is 2.20. The highest BCUT2D eigenvalue weighted by Gasteiger charge is 2.16. The first-order valence-electron chi connectivity index (χ1n) is 6.94. The predicted molar refractivity (Wildman–Crippen MR) is 81.7 cm³/mol. The van der Waals surface area contributed by atoms with Crippen LogP contribution in [0.15, 0.2) is 30.9 Å². The van der Waals surface area contributed by atoms with Crippen molar-refractivity contribution < 1.29 is 14.2 Å². The summed E-state index contributed by atoms with van der Waals surface area (Å²) in [4.78, 5) is 36.0. The second-order valence-corrected chi connectivity index (χ2v) is 5.19. The van der Waals surface area contributed by atoms with Gasteiger partial charge in [-0.3, -0.25) is 4.79 Å². The van der Waals surface area contributed by atoms with E-state index in [0.717, 1.165) is 5.56 Å². The summed E-state index contributed by atoms with van der Waals surface area (Å²) < 4.78 is 3.12. The molecule has 3 heterocycles. The number of fused-ring (bicyclic) bond motifs is 1. The van der Waals surface area contributed by atoms with Crippen LogP contribution in [-0.4, -0.2) is 31.2 Å². The highest BCUT2D eigenvalue weighted by Crippen LogP contribution is 2.16. The number of carbonyl (C=O) groups excluding carboxylic acids is 2. The van der Waals surface area contributed by atoms with Crippen LogP contribution in [0.2, 0.25) is 0 Å². The van der Waals surface area contributed by atoms with Crippen LogP contribution in [0.1, 0.15) is 27.9 Å². The van der Waals surface area contributed by atoms with E-state index in [2.05, 4.69) is 15.0 Å². The molecule has 0 aromatic carbocycles. The Bertz CT molecular complexity index is 914. The predicted octanol–water partition coefficient (Wildman–Crippen LogP) is 0.318. The van der Waals surface area contributed by atoms with Gasteiger partial charge in [0.1, 0.15) is 5.52 Å². The number of Topliss-reactive ketones (excluding diaryl/α,β-unsaturated/α-hetero) is 1. The van der Waals surface area contributed by atoms with Crippen molar-refractivity contribution in [1.82, 2.24) is 19.5 Å². The van der Waals surface area contributed by atoms with E-state index in [1.54, 1.807) is 42.5 Å². The smallest absolute Gasteiger partial charge is 0.382 e. The van der Waals surface area contributed by atoms with E-state index in [9.17, 15) is 9.59 Å². The van der Waals surface area contributed by atoms with Gasteiger partial charge in [-0.25, -0.2) is 19.7 Å². The zero-order valence-electron chi connectivity index (χ0n) is 12.7. The van der Waals surface area contributed by atoms with E-state index in [1.807, 2.05) is 0 Å². The molecule has 3 aromatic rings. The zero-order valence-corrected chi connectivity index (χ0v) is 12.7. The number of nitrogens with zero attached hydrogens (tertiary/aromatic N) is 5. The lowest BCUT2D eigenvalue weighted by Gasteiger charge is -2.02. The van der Waals surface area contributed by atoms with Crippen molar-refractivity contribution in [1.29, 1.82) is 0 Å². The molecule has 0 saturated heterocycles. The lowest BCUT2D eigenvalue weighted by molar-refractivity contribution is -0.572. The molecule has 0 atom stereocenters. The molecule has 3 rings (SSSR count). The molecule has 8 nitrogen and oxygen atoms in total. The van der Waals surface area contributed by atoms with Gasteiger partial charge in [0.2, 0.25) is 5.78 Å². The van der Waals surface area contributed by atoms with Crippen molar-refractivity contribution in [3.05, 3.63) is 42.2 Å². The molecule has 0 bridgehead atoms. The summed E-state index contributed by atoms with van der Waals surface area (Å²) in [6, 6.07) is 3.43. The Hall–Kier alpha value is -3.16. The summed E-state index contributed by atoms with van der Waals surface area (Å²) in [5.74, 6) is -0.107. The topological polar surface area (TPSA) is 108 Å². The van der Waals surface area contributed by atoms with Crippen molar-refractivity contribution in [2.45, 2.75) is 13.3 Å². The summed E-state index contributed by atoms with van der Waals surface area (Å²) in [6.07, 6.45) is 4.93. The molecule has 0 aliphatic heterocycles. The third-order valence-corrected chi connectivity index (χ3v) is 3.46. The number of pyridine rings is 1. The van der Waals surface area contributed by atoms with Crippen LogP contribution in [0.25, 0.3) is 11.2 Å². The number of imidazole rings is 1. The fourth-order valence-corrected chi connectivity index (χ4v) is 2.20. The van der Waals surface area contributed by atoms with Crippen molar-refractivity contribution in [3.8, 4) is 0 Å². The first-order chi connectivity index (χ1) is 11.0. The summed E-state index contributed by atoms with van der Waals surface area (Å²) in [5, 5.41) is 0. The van der Waals surface area contributed by atoms with Crippen LogP contribution < -0.4 is 10.3 Å².